The molecule has 1 aliphatic carbocycles. The maximum atomic E-state index is 14.2. The number of ether oxygens (including phenoxy) is 1. The van der Waals surface area contributed by atoms with E-state index < -0.39 is 52.5 Å². The Balaban J connectivity index is 1.97. The summed E-state index contributed by atoms with van der Waals surface area (Å²) in [6.45, 7) is 0. The second kappa shape index (κ2) is 8.77. The fourth-order valence-electron chi connectivity index (χ4n) is 3.07. The number of carboxylic acids is 2. The smallest absolute Gasteiger partial charge is 0.336 e. The molecule has 0 saturated heterocycles. The van der Waals surface area contributed by atoms with E-state index in [0.717, 1.165) is 19.2 Å². The lowest BCUT2D eigenvalue weighted by molar-refractivity contribution is -0.119. The fourth-order valence-corrected chi connectivity index (χ4v) is 3.07. The van der Waals surface area contributed by atoms with E-state index in [-0.39, 0.29) is 29.3 Å². The molecule has 1 aliphatic rings. The van der Waals surface area contributed by atoms with Crippen molar-refractivity contribution < 1.29 is 46.9 Å². The number of nitrogens with zero attached hydrogens (tertiary/aromatic N) is 1. The molecule has 2 aromatic carbocycles. The van der Waals surface area contributed by atoms with Crippen molar-refractivity contribution in [1.29, 1.82) is 0 Å². The van der Waals surface area contributed by atoms with Crippen molar-refractivity contribution in [2.75, 3.05) is 11.9 Å². The zero-order chi connectivity index (χ0) is 24.5. The number of anilines is 1. The molecule has 0 heterocycles. The van der Waals surface area contributed by atoms with Crippen LogP contribution in [0.15, 0.2) is 66.0 Å². The van der Waals surface area contributed by atoms with Crippen LogP contribution < -0.4 is 9.64 Å². The molecule has 1 atom stereocenters. The number of hydrogen-bond acceptors (Lipinski definition) is 4. The highest BCUT2D eigenvalue weighted by Crippen LogP contribution is 2.39. The minimum atomic E-state index is -4.26. The summed E-state index contributed by atoms with van der Waals surface area (Å²) in [6.07, 6.45) is -2.71. The van der Waals surface area contributed by atoms with Crippen LogP contribution >= 0.6 is 0 Å². The molecule has 0 aliphatic heterocycles. The van der Waals surface area contributed by atoms with Gasteiger partial charge in [-0.05, 0) is 42.5 Å². The average molecular weight is 465 g/mol. The van der Waals surface area contributed by atoms with Crippen molar-refractivity contribution in [1.82, 2.24) is 0 Å². The van der Waals surface area contributed by atoms with Gasteiger partial charge in [-0.25, -0.2) is 18.4 Å². The van der Waals surface area contributed by atoms with Gasteiger partial charge in [0.25, 0.3) is 5.91 Å². The van der Waals surface area contributed by atoms with Crippen molar-refractivity contribution in [3.05, 3.63) is 77.1 Å². The molecular weight excluding hydrogens is 450 g/mol. The largest absolute Gasteiger partial charge is 0.478 e. The van der Waals surface area contributed by atoms with Gasteiger partial charge in [0, 0.05) is 7.05 Å². The Bertz CT molecular complexity index is 1210. The third-order valence-corrected chi connectivity index (χ3v) is 4.73. The minimum absolute atomic E-state index is 0.0641. The summed E-state index contributed by atoms with van der Waals surface area (Å²) < 4.78 is 61.2. The third kappa shape index (κ3) is 4.56. The van der Waals surface area contributed by atoms with Gasteiger partial charge >= 0.3 is 17.9 Å². The standard InChI is InChI=1S/C22H15F4NO6/c1-27(19(28)15-8-11(23)9-18(24)22(15,25)26)16-4-2-3-5-17(16)33-12-6-7-13(20(29)30)14(10-12)21(31)32/h2-10,18H,1H3,(H,29,30)(H,31,32). The highest BCUT2D eigenvalue weighted by atomic mass is 19.3. The number of alkyl halides is 3. The molecular formula is C22H15F4NO6. The van der Waals surface area contributed by atoms with Gasteiger partial charge < -0.3 is 19.8 Å². The van der Waals surface area contributed by atoms with E-state index >= 15 is 0 Å². The molecule has 1 amide bonds. The van der Waals surface area contributed by atoms with Gasteiger partial charge in [-0.15, -0.1) is 0 Å². The number of amides is 1. The van der Waals surface area contributed by atoms with E-state index in [2.05, 4.69) is 0 Å². The lowest BCUT2D eigenvalue weighted by Crippen LogP contribution is -2.42. The number of allylic oxidation sites excluding steroid dienone is 3. The minimum Gasteiger partial charge on any atom is -0.478 e. The van der Waals surface area contributed by atoms with Crippen LogP contribution in [0.25, 0.3) is 0 Å². The predicted octanol–water partition coefficient (Wildman–Crippen LogP) is 4.60. The van der Waals surface area contributed by atoms with Crippen LogP contribution in [0, 0.1) is 0 Å². The molecule has 3 rings (SSSR count). The molecule has 0 aromatic heterocycles. The number of hydrogen-bond donors (Lipinski definition) is 2. The average Bonchev–Trinajstić information content (AvgIpc) is 2.75. The van der Waals surface area contributed by atoms with Crippen LogP contribution in [0.2, 0.25) is 0 Å². The van der Waals surface area contributed by atoms with Gasteiger partial charge in [0.1, 0.15) is 11.6 Å². The van der Waals surface area contributed by atoms with E-state index in [9.17, 15) is 37.1 Å². The Labute approximate surface area is 183 Å². The predicted molar refractivity (Wildman–Crippen MR) is 107 cm³/mol. The first kappa shape index (κ1) is 23.5. The van der Waals surface area contributed by atoms with Gasteiger partial charge in [0.2, 0.25) is 0 Å². The van der Waals surface area contributed by atoms with Gasteiger partial charge in [-0.2, -0.15) is 8.78 Å². The normalized spacial score (nSPS) is 16.9. The summed E-state index contributed by atoms with van der Waals surface area (Å²) in [5.74, 6) is -10.2. The molecule has 2 N–H and O–H groups in total. The number of carbonyl (C=O) groups excluding carboxylic acids is 1. The van der Waals surface area contributed by atoms with Gasteiger partial charge in [-0.3, -0.25) is 4.79 Å². The van der Waals surface area contributed by atoms with Crippen LogP contribution in [-0.2, 0) is 4.79 Å². The summed E-state index contributed by atoms with van der Waals surface area (Å²) in [7, 11) is 1.08. The molecule has 0 bridgehead atoms. The van der Waals surface area contributed by atoms with Crippen LogP contribution in [0.1, 0.15) is 20.7 Å². The van der Waals surface area contributed by atoms with Crippen LogP contribution in [0.5, 0.6) is 11.5 Å². The number of para-hydroxylation sites is 2. The molecule has 7 nitrogen and oxygen atoms in total. The Morgan fingerprint density at radius 3 is 2.30 bits per heavy atom. The van der Waals surface area contributed by atoms with Crippen molar-refractivity contribution >= 4 is 23.5 Å². The maximum absolute atomic E-state index is 14.2. The third-order valence-electron chi connectivity index (χ3n) is 4.73. The van der Waals surface area contributed by atoms with Gasteiger partial charge in [0.15, 0.2) is 11.9 Å². The van der Waals surface area contributed by atoms with Crippen molar-refractivity contribution in [3.63, 3.8) is 0 Å². The number of halogens is 4. The summed E-state index contributed by atoms with van der Waals surface area (Å²) in [5.41, 5.74) is -2.53. The maximum Gasteiger partial charge on any atom is 0.336 e. The second-order valence-electron chi connectivity index (χ2n) is 6.89. The van der Waals surface area contributed by atoms with E-state index in [0.29, 0.717) is 4.90 Å². The Morgan fingerprint density at radius 2 is 1.67 bits per heavy atom. The first-order chi connectivity index (χ1) is 15.4. The number of aromatic carboxylic acids is 2. The van der Waals surface area contributed by atoms with Crippen molar-refractivity contribution in [3.8, 4) is 11.5 Å². The second-order valence-corrected chi connectivity index (χ2v) is 6.89. The number of rotatable bonds is 6. The van der Waals surface area contributed by atoms with E-state index in [1.807, 2.05) is 0 Å². The monoisotopic (exact) mass is 465 g/mol. The molecule has 0 spiro atoms. The molecule has 0 saturated carbocycles. The number of benzene rings is 2. The highest BCUT2D eigenvalue weighted by molar-refractivity contribution is 6.07. The van der Waals surface area contributed by atoms with Crippen LogP contribution in [-0.4, -0.2) is 47.2 Å². The number of carboxylic acid groups (broad SMARTS) is 2. The summed E-state index contributed by atoms with van der Waals surface area (Å²) in [6, 6.07) is 8.65. The van der Waals surface area contributed by atoms with Crippen LogP contribution in [0.4, 0.5) is 23.2 Å². The SMILES string of the molecule is CN(C(=O)C1=CC(F)=CC(F)C1(F)F)c1ccccc1Oc1ccc(C(=O)O)c(C(=O)O)c1. The lowest BCUT2D eigenvalue weighted by Gasteiger charge is -2.28. The molecule has 33 heavy (non-hydrogen) atoms. The summed E-state index contributed by atoms with van der Waals surface area (Å²) in [5, 5.41) is 18.3. The topological polar surface area (TPSA) is 104 Å². The van der Waals surface area contributed by atoms with Crippen molar-refractivity contribution in [2.45, 2.75) is 12.1 Å². The quantitative estimate of drug-likeness (QED) is 0.604. The van der Waals surface area contributed by atoms with Crippen molar-refractivity contribution in [2.24, 2.45) is 0 Å². The van der Waals surface area contributed by atoms with Crippen LogP contribution in [0.3, 0.4) is 0 Å². The first-order valence-corrected chi connectivity index (χ1v) is 9.20. The Kier molecular flexibility index (Phi) is 6.25. The Hall–Kier alpha value is -4.15. The number of carbonyl (C=O) groups is 3. The molecule has 1 unspecified atom stereocenters. The first-order valence-electron chi connectivity index (χ1n) is 9.20. The zero-order valence-electron chi connectivity index (χ0n) is 16.8. The summed E-state index contributed by atoms with van der Waals surface area (Å²) in [4.78, 5) is 36.0. The summed E-state index contributed by atoms with van der Waals surface area (Å²) >= 11 is 0. The molecule has 0 radical (unpaired) electrons. The molecule has 0 fully saturated rings. The molecule has 172 valence electrons. The zero-order valence-corrected chi connectivity index (χ0v) is 16.8. The van der Waals surface area contributed by atoms with E-state index in [1.165, 1.54) is 30.3 Å². The van der Waals surface area contributed by atoms with E-state index in [1.54, 1.807) is 0 Å². The highest BCUT2D eigenvalue weighted by Gasteiger charge is 2.49. The fraction of sp³-hybridized carbons (Fsp3) is 0.136. The lowest BCUT2D eigenvalue weighted by atomic mass is 9.97. The van der Waals surface area contributed by atoms with Gasteiger partial charge in [-0.1, -0.05) is 12.1 Å². The Morgan fingerprint density at radius 1 is 1.03 bits per heavy atom. The van der Waals surface area contributed by atoms with E-state index in [4.69, 9.17) is 9.84 Å². The van der Waals surface area contributed by atoms with Gasteiger partial charge in [0.05, 0.1) is 22.4 Å². The molecule has 2 aromatic rings. The number of likely N-dealkylation sites (N-methyl/N-ethyl adjacent to an activating group) is 1. The molecule has 11 heteroatoms.